The lowest BCUT2D eigenvalue weighted by Gasteiger charge is -2.30. The molecule has 1 saturated heterocycles. The lowest BCUT2D eigenvalue weighted by Crippen LogP contribution is -2.31. The van der Waals surface area contributed by atoms with Crippen molar-refractivity contribution < 1.29 is 4.79 Å². The number of halogens is 4. The van der Waals surface area contributed by atoms with Crippen LogP contribution in [0.25, 0.3) is 10.9 Å². The third-order valence-electron chi connectivity index (χ3n) is 5.22. The largest absolute Gasteiger partial charge is 0.356 e. The predicted molar refractivity (Wildman–Crippen MR) is 129 cm³/mol. The molecule has 8 heteroatoms. The zero-order valence-electron chi connectivity index (χ0n) is 16.2. The molecule has 0 aliphatic carbocycles. The summed E-state index contributed by atoms with van der Waals surface area (Å²) in [6.45, 7) is 3.80. The van der Waals surface area contributed by atoms with E-state index in [0.717, 1.165) is 52.7 Å². The highest BCUT2D eigenvalue weighted by Gasteiger charge is 2.23. The van der Waals surface area contributed by atoms with Crippen LogP contribution in [0.15, 0.2) is 28.7 Å². The van der Waals surface area contributed by atoms with Crippen LogP contribution in [0.1, 0.15) is 35.2 Å². The van der Waals surface area contributed by atoms with E-state index in [1.807, 2.05) is 25.1 Å². The summed E-state index contributed by atoms with van der Waals surface area (Å²) in [4.78, 5) is 20.6. The molecular formula is C22H18BrCl3N3O. The Morgan fingerprint density at radius 2 is 1.87 bits per heavy atom. The van der Waals surface area contributed by atoms with E-state index in [0.29, 0.717) is 5.56 Å². The number of benzene rings is 2. The Bertz CT molecular complexity index is 1150. The Morgan fingerprint density at radius 1 is 1.13 bits per heavy atom. The van der Waals surface area contributed by atoms with Gasteiger partial charge >= 0.3 is 0 Å². The number of hydrogen-bond acceptors (Lipinski definition) is 3. The molecule has 1 radical (unpaired) electrons. The molecule has 30 heavy (non-hydrogen) atoms. The molecule has 1 amide bonds. The number of piperidine rings is 1. The average Bonchev–Trinajstić information content (AvgIpc) is 2.72. The number of carbonyl (C=O) groups is 1. The first-order chi connectivity index (χ1) is 14.3. The van der Waals surface area contributed by atoms with Gasteiger partial charge in [-0.3, -0.25) is 4.79 Å². The van der Waals surface area contributed by atoms with Crippen LogP contribution in [0.5, 0.6) is 0 Å². The normalized spacial score (nSPS) is 14.2. The van der Waals surface area contributed by atoms with Crippen LogP contribution in [0.2, 0.25) is 15.1 Å². The number of carbonyl (C=O) groups excluding carboxylic acids is 1. The molecule has 1 aromatic heterocycles. The lowest BCUT2D eigenvalue weighted by atomic mass is 10.0. The second-order valence-electron chi connectivity index (χ2n) is 7.25. The average molecular weight is 527 g/mol. The van der Waals surface area contributed by atoms with Gasteiger partial charge in [0.2, 0.25) is 0 Å². The van der Waals surface area contributed by atoms with Crippen LogP contribution in [0, 0.1) is 13.0 Å². The maximum Gasteiger partial charge on any atom is 0.256 e. The first-order valence-corrected chi connectivity index (χ1v) is 11.5. The molecule has 0 saturated carbocycles. The van der Waals surface area contributed by atoms with Crippen LogP contribution in [-0.2, 0) is 0 Å². The van der Waals surface area contributed by atoms with Gasteiger partial charge in [-0.15, -0.1) is 0 Å². The minimum atomic E-state index is -0.298. The van der Waals surface area contributed by atoms with Crippen molar-refractivity contribution in [3.05, 3.63) is 61.0 Å². The molecule has 1 aliphatic rings. The molecule has 2 aromatic carbocycles. The van der Waals surface area contributed by atoms with Gasteiger partial charge in [0, 0.05) is 34.6 Å². The van der Waals surface area contributed by atoms with Crippen molar-refractivity contribution in [2.24, 2.45) is 0 Å². The van der Waals surface area contributed by atoms with Crippen molar-refractivity contribution in [1.29, 1.82) is 0 Å². The van der Waals surface area contributed by atoms with E-state index in [1.165, 1.54) is 12.5 Å². The molecule has 3 aromatic rings. The van der Waals surface area contributed by atoms with Gasteiger partial charge in [-0.1, -0.05) is 50.7 Å². The van der Waals surface area contributed by atoms with E-state index in [2.05, 4.69) is 32.2 Å². The second-order valence-corrected chi connectivity index (χ2v) is 9.36. The Kier molecular flexibility index (Phi) is 6.44. The lowest BCUT2D eigenvalue weighted by molar-refractivity contribution is 0.102. The Balaban J connectivity index is 1.83. The van der Waals surface area contributed by atoms with Gasteiger partial charge < -0.3 is 10.2 Å². The summed E-state index contributed by atoms with van der Waals surface area (Å²) in [5, 5.41) is 4.35. The summed E-state index contributed by atoms with van der Waals surface area (Å²) in [6, 6.07) is 10.1. The molecule has 1 aliphatic heterocycles. The Morgan fingerprint density at radius 3 is 2.60 bits per heavy atom. The number of fused-ring (bicyclic) bond motifs is 1. The molecule has 1 fully saturated rings. The molecule has 155 valence electrons. The van der Waals surface area contributed by atoms with Gasteiger partial charge in [-0.05, 0) is 50.5 Å². The fourth-order valence-electron chi connectivity index (χ4n) is 3.77. The molecule has 4 rings (SSSR count). The summed E-state index contributed by atoms with van der Waals surface area (Å²) < 4.78 is 0.870. The maximum atomic E-state index is 13.4. The fourth-order valence-corrected chi connectivity index (χ4v) is 4.69. The van der Waals surface area contributed by atoms with Crippen LogP contribution in [-0.4, -0.2) is 24.0 Å². The number of hydrogen-bond donors (Lipinski definition) is 1. The van der Waals surface area contributed by atoms with E-state index in [-0.39, 0.29) is 26.7 Å². The number of nitrogens with one attached hydrogen (secondary N) is 1. The quantitative estimate of drug-likeness (QED) is 0.364. The van der Waals surface area contributed by atoms with E-state index < -0.39 is 0 Å². The van der Waals surface area contributed by atoms with Crippen molar-refractivity contribution in [2.45, 2.75) is 26.2 Å². The number of nitrogens with zero attached hydrogens (tertiary/aromatic N) is 2. The first kappa shape index (κ1) is 21.7. The zero-order chi connectivity index (χ0) is 21.4. The van der Waals surface area contributed by atoms with Crippen LogP contribution >= 0.6 is 50.7 Å². The van der Waals surface area contributed by atoms with Gasteiger partial charge in [0.15, 0.2) is 0 Å². The summed E-state index contributed by atoms with van der Waals surface area (Å²) >= 11 is 21.8. The highest BCUT2D eigenvalue weighted by Crippen LogP contribution is 2.35. The van der Waals surface area contributed by atoms with Gasteiger partial charge in [0.05, 0.1) is 31.8 Å². The number of aromatic nitrogens is 1. The molecule has 0 spiro atoms. The van der Waals surface area contributed by atoms with Crippen LogP contribution in [0.4, 0.5) is 11.5 Å². The summed E-state index contributed by atoms with van der Waals surface area (Å²) in [7, 11) is 0. The maximum absolute atomic E-state index is 13.4. The van der Waals surface area contributed by atoms with E-state index in [1.54, 1.807) is 0 Å². The molecule has 0 bridgehead atoms. The van der Waals surface area contributed by atoms with Gasteiger partial charge in [-0.25, -0.2) is 4.98 Å². The van der Waals surface area contributed by atoms with E-state index >= 15 is 0 Å². The molecule has 1 N–H and O–H groups in total. The smallest absolute Gasteiger partial charge is 0.256 e. The van der Waals surface area contributed by atoms with E-state index in [4.69, 9.17) is 39.8 Å². The molecular weight excluding hydrogens is 509 g/mol. The number of pyridine rings is 1. The van der Waals surface area contributed by atoms with E-state index in [9.17, 15) is 4.79 Å². The monoisotopic (exact) mass is 524 g/mol. The standard InChI is InChI=1S/C22H18BrCl3N3O/c1-12-20(22(30)28-19-11-16(25)15(24)10-17(19)26)14-9-13(23)5-6-18(14)27-21(12)29-7-3-2-4-8-29/h5-6,9-10H,2-4,7-8H2,1H3,(H,28,30). The van der Waals surface area contributed by atoms with Crippen molar-refractivity contribution >= 4 is 79.0 Å². The van der Waals surface area contributed by atoms with Gasteiger partial charge in [0.1, 0.15) is 5.82 Å². The van der Waals surface area contributed by atoms with Crippen molar-refractivity contribution in [1.82, 2.24) is 4.98 Å². The predicted octanol–water partition coefficient (Wildman–Crippen LogP) is 7.31. The topological polar surface area (TPSA) is 45.2 Å². The highest BCUT2D eigenvalue weighted by atomic mass is 79.9. The number of amides is 1. The third kappa shape index (κ3) is 4.26. The Labute approximate surface area is 198 Å². The molecule has 2 heterocycles. The van der Waals surface area contributed by atoms with Gasteiger partial charge in [0.25, 0.3) is 5.91 Å². The number of anilines is 2. The molecule has 4 nitrogen and oxygen atoms in total. The van der Waals surface area contributed by atoms with Crippen molar-refractivity contribution in [2.75, 3.05) is 23.3 Å². The SMILES string of the molecule is Cc1c(N2CCCCC2)nc2ccc(Br)cc2c1C(=O)Nc1[c]c(Cl)c(Cl)cc1Cl. The van der Waals surface area contributed by atoms with Crippen LogP contribution < -0.4 is 10.2 Å². The van der Waals surface area contributed by atoms with Crippen LogP contribution in [0.3, 0.4) is 0 Å². The van der Waals surface area contributed by atoms with Gasteiger partial charge in [-0.2, -0.15) is 0 Å². The van der Waals surface area contributed by atoms with Crippen molar-refractivity contribution in [3.63, 3.8) is 0 Å². The summed E-state index contributed by atoms with van der Waals surface area (Å²) in [5.41, 5.74) is 2.43. The molecule has 0 unspecified atom stereocenters. The minimum Gasteiger partial charge on any atom is -0.356 e. The van der Waals surface area contributed by atoms with Crippen molar-refractivity contribution in [3.8, 4) is 0 Å². The second kappa shape index (κ2) is 8.91. The Hall–Kier alpha value is -1.53. The molecule has 0 atom stereocenters. The minimum absolute atomic E-state index is 0.199. The third-order valence-corrected chi connectivity index (χ3v) is 6.71. The summed E-state index contributed by atoms with van der Waals surface area (Å²) in [6.07, 6.45) is 3.46. The highest BCUT2D eigenvalue weighted by molar-refractivity contribution is 9.10. The fraction of sp³-hybridized carbons (Fsp3) is 0.273. The number of rotatable bonds is 3. The zero-order valence-corrected chi connectivity index (χ0v) is 20.0. The summed E-state index contributed by atoms with van der Waals surface area (Å²) in [5.74, 6) is 0.548. The first-order valence-electron chi connectivity index (χ1n) is 9.58.